The summed E-state index contributed by atoms with van der Waals surface area (Å²) in [5.74, 6) is 1.95. The van der Waals surface area contributed by atoms with Gasteiger partial charge in [0.25, 0.3) is 0 Å². The van der Waals surface area contributed by atoms with Crippen LogP contribution >= 0.6 is 0 Å². The number of aromatic nitrogens is 3. The minimum Gasteiger partial charge on any atom is -0.494 e. The number of nitrogens with zero attached hydrogens (tertiary/aromatic N) is 3. The fourth-order valence-electron chi connectivity index (χ4n) is 3.50. The van der Waals surface area contributed by atoms with Crippen LogP contribution in [0.15, 0.2) is 67.0 Å². The van der Waals surface area contributed by atoms with Crippen LogP contribution in [0.25, 0.3) is 16.9 Å². The average Bonchev–Trinajstić information content (AvgIpc) is 3.32. The van der Waals surface area contributed by atoms with Crippen LogP contribution in [0, 0.1) is 0 Å². The van der Waals surface area contributed by atoms with Crippen LogP contribution in [0.1, 0.15) is 57.3 Å². The number of fused-ring (bicyclic) bond motifs is 1. The van der Waals surface area contributed by atoms with Crippen LogP contribution in [-0.4, -0.2) is 40.1 Å². The van der Waals surface area contributed by atoms with E-state index >= 15 is 0 Å². The number of benzene rings is 2. The van der Waals surface area contributed by atoms with Gasteiger partial charge in [-0.3, -0.25) is 9.36 Å². The highest BCUT2D eigenvalue weighted by Gasteiger charge is 2.13. The van der Waals surface area contributed by atoms with E-state index in [1.807, 2.05) is 59.2 Å². The van der Waals surface area contributed by atoms with Gasteiger partial charge in [-0.05, 0) is 62.6 Å². The molecule has 0 bridgehead atoms. The molecule has 2 aromatic heterocycles. The lowest BCUT2D eigenvalue weighted by molar-refractivity contribution is 0.101. The summed E-state index contributed by atoms with van der Waals surface area (Å²) in [6.07, 6.45) is 4.96. The monoisotopic (exact) mass is 488 g/mol. The molecule has 36 heavy (non-hydrogen) atoms. The Labute approximate surface area is 213 Å². The summed E-state index contributed by atoms with van der Waals surface area (Å²) in [5, 5.41) is 3.25. The second kappa shape index (κ2) is 14.0. The van der Waals surface area contributed by atoms with E-state index in [2.05, 4.69) is 31.1 Å². The van der Waals surface area contributed by atoms with Crippen molar-refractivity contribution in [3.8, 4) is 11.6 Å². The number of hydrogen-bond donors (Lipinski definition) is 1. The Hall–Kier alpha value is -3.71. The van der Waals surface area contributed by atoms with E-state index in [0.29, 0.717) is 23.8 Å². The molecule has 1 N–H and O–H groups in total. The summed E-state index contributed by atoms with van der Waals surface area (Å²) in [4.78, 5) is 21.3. The first kappa shape index (κ1) is 26.9. The SMILES string of the molecule is CCCOCCC.CCCOc1ccc2c(c1)ncn2-c1ccc(C(C)=O)c(Nc2ccccc2)n1. The maximum absolute atomic E-state index is 12.1. The third-order valence-corrected chi connectivity index (χ3v) is 5.23. The van der Waals surface area contributed by atoms with E-state index in [-0.39, 0.29) is 5.78 Å². The number of rotatable bonds is 11. The second-order valence-electron chi connectivity index (χ2n) is 8.34. The number of carbonyl (C=O) groups excluding carboxylic acids is 1. The molecular formula is C29H36N4O3. The normalized spacial score (nSPS) is 10.6. The fraction of sp³-hybridized carbons (Fsp3) is 0.345. The number of ketones is 1. The van der Waals surface area contributed by atoms with Crippen molar-refractivity contribution >= 4 is 28.3 Å². The zero-order chi connectivity index (χ0) is 25.8. The molecule has 7 nitrogen and oxygen atoms in total. The lowest BCUT2D eigenvalue weighted by Crippen LogP contribution is -2.06. The molecule has 2 aromatic carbocycles. The Morgan fingerprint density at radius 3 is 2.31 bits per heavy atom. The number of ether oxygens (including phenoxy) is 2. The lowest BCUT2D eigenvalue weighted by atomic mass is 10.1. The molecule has 0 amide bonds. The lowest BCUT2D eigenvalue weighted by Gasteiger charge is -2.12. The number of hydrogen-bond acceptors (Lipinski definition) is 6. The van der Waals surface area contributed by atoms with E-state index in [4.69, 9.17) is 14.5 Å². The molecule has 0 radical (unpaired) electrons. The van der Waals surface area contributed by atoms with E-state index in [1.54, 1.807) is 12.4 Å². The predicted molar refractivity (Wildman–Crippen MR) is 146 cm³/mol. The fourth-order valence-corrected chi connectivity index (χ4v) is 3.50. The molecule has 0 spiro atoms. The van der Waals surface area contributed by atoms with Gasteiger partial charge in [0.1, 0.15) is 23.7 Å². The van der Waals surface area contributed by atoms with Crippen molar-refractivity contribution in [1.82, 2.24) is 14.5 Å². The molecule has 4 rings (SSSR count). The summed E-state index contributed by atoms with van der Waals surface area (Å²) in [6, 6.07) is 19.1. The summed E-state index contributed by atoms with van der Waals surface area (Å²) < 4.78 is 12.7. The van der Waals surface area contributed by atoms with Crippen LogP contribution in [0.4, 0.5) is 11.5 Å². The van der Waals surface area contributed by atoms with Crippen molar-refractivity contribution < 1.29 is 14.3 Å². The Balaban J connectivity index is 0.000000454. The van der Waals surface area contributed by atoms with E-state index in [9.17, 15) is 4.79 Å². The molecule has 190 valence electrons. The number of anilines is 2. The van der Waals surface area contributed by atoms with Gasteiger partial charge in [0, 0.05) is 25.0 Å². The molecule has 0 aliphatic carbocycles. The number of pyridine rings is 1. The second-order valence-corrected chi connectivity index (χ2v) is 8.34. The molecule has 0 atom stereocenters. The van der Waals surface area contributed by atoms with Gasteiger partial charge in [-0.1, -0.05) is 39.0 Å². The van der Waals surface area contributed by atoms with Gasteiger partial charge in [-0.25, -0.2) is 9.97 Å². The van der Waals surface area contributed by atoms with Crippen LogP contribution in [0.5, 0.6) is 5.75 Å². The van der Waals surface area contributed by atoms with Crippen molar-refractivity contribution in [2.75, 3.05) is 25.1 Å². The van der Waals surface area contributed by atoms with E-state index in [1.165, 1.54) is 6.92 Å². The van der Waals surface area contributed by atoms with Crippen LogP contribution in [0.2, 0.25) is 0 Å². The molecule has 0 saturated carbocycles. The van der Waals surface area contributed by atoms with Gasteiger partial charge in [0.05, 0.1) is 23.2 Å². The quantitative estimate of drug-likeness (QED) is 0.181. The average molecular weight is 489 g/mol. The van der Waals surface area contributed by atoms with Gasteiger partial charge < -0.3 is 14.8 Å². The van der Waals surface area contributed by atoms with Crippen LogP contribution in [-0.2, 0) is 4.74 Å². The molecule has 0 aliphatic heterocycles. The highest BCUT2D eigenvalue weighted by Crippen LogP contribution is 2.25. The van der Waals surface area contributed by atoms with Gasteiger partial charge >= 0.3 is 0 Å². The summed E-state index contributed by atoms with van der Waals surface area (Å²) in [5.41, 5.74) is 3.15. The minimum absolute atomic E-state index is 0.0457. The number of carbonyl (C=O) groups is 1. The van der Waals surface area contributed by atoms with E-state index in [0.717, 1.165) is 54.9 Å². The molecule has 0 fully saturated rings. The Kier molecular flexibility index (Phi) is 10.5. The summed E-state index contributed by atoms with van der Waals surface area (Å²) in [7, 11) is 0. The Morgan fingerprint density at radius 2 is 1.64 bits per heavy atom. The Bertz CT molecular complexity index is 1230. The maximum Gasteiger partial charge on any atom is 0.163 e. The molecular weight excluding hydrogens is 452 g/mol. The zero-order valence-electron chi connectivity index (χ0n) is 21.7. The van der Waals surface area contributed by atoms with Crippen LogP contribution < -0.4 is 10.1 Å². The molecule has 0 aliphatic rings. The summed E-state index contributed by atoms with van der Waals surface area (Å²) >= 11 is 0. The van der Waals surface area contributed by atoms with Gasteiger partial charge in [0.2, 0.25) is 0 Å². The first-order chi connectivity index (χ1) is 17.6. The molecule has 0 unspecified atom stereocenters. The van der Waals surface area contributed by atoms with Crippen LogP contribution in [0.3, 0.4) is 0 Å². The van der Waals surface area contributed by atoms with Crippen molar-refractivity contribution in [3.63, 3.8) is 0 Å². The maximum atomic E-state index is 12.1. The van der Waals surface area contributed by atoms with Crippen molar-refractivity contribution in [1.29, 1.82) is 0 Å². The topological polar surface area (TPSA) is 78.3 Å². The van der Waals surface area contributed by atoms with Gasteiger partial charge in [-0.2, -0.15) is 0 Å². The first-order valence-corrected chi connectivity index (χ1v) is 12.6. The summed E-state index contributed by atoms with van der Waals surface area (Å²) in [6.45, 7) is 10.4. The third kappa shape index (κ3) is 7.39. The zero-order valence-corrected chi connectivity index (χ0v) is 21.7. The van der Waals surface area contributed by atoms with Gasteiger partial charge in [-0.15, -0.1) is 0 Å². The molecule has 4 aromatic rings. The standard InChI is InChI=1S/C23H22N4O2.C6H14O/c1-3-13-29-18-9-11-21-20(14-18)24-15-27(21)22-12-10-19(16(2)28)23(26-22)25-17-7-5-4-6-8-17;1-3-5-7-6-4-2/h4-12,14-15H,3,13H2,1-2H3,(H,25,26);3-6H2,1-2H3. The van der Waals surface area contributed by atoms with Crippen molar-refractivity contribution in [2.24, 2.45) is 0 Å². The highest BCUT2D eigenvalue weighted by molar-refractivity contribution is 5.99. The predicted octanol–water partition coefficient (Wildman–Crippen LogP) is 6.98. The molecule has 2 heterocycles. The molecule has 0 saturated heterocycles. The van der Waals surface area contributed by atoms with Crippen molar-refractivity contribution in [3.05, 3.63) is 72.6 Å². The third-order valence-electron chi connectivity index (χ3n) is 5.23. The highest BCUT2D eigenvalue weighted by atomic mass is 16.5. The van der Waals surface area contributed by atoms with Gasteiger partial charge in [0.15, 0.2) is 5.78 Å². The van der Waals surface area contributed by atoms with E-state index < -0.39 is 0 Å². The smallest absolute Gasteiger partial charge is 0.163 e. The largest absolute Gasteiger partial charge is 0.494 e. The first-order valence-electron chi connectivity index (χ1n) is 12.6. The van der Waals surface area contributed by atoms with Crippen molar-refractivity contribution in [2.45, 2.75) is 47.0 Å². The minimum atomic E-state index is -0.0457. The Morgan fingerprint density at radius 1 is 0.917 bits per heavy atom. The molecule has 7 heteroatoms. The number of Topliss-reactive ketones (excluding diaryl/α,β-unsaturated/α-hetero) is 1. The number of nitrogens with one attached hydrogen (secondary N) is 1. The number of imidazole rings is 1. The number of para-hydroxylation sites is 1.